The van der Waals surface area contributed by atoms with Crippen molar-refractivity contribution >= 4 is 0 Å². The molecule has 116 valence electrons. The number of allylic oxidation sites excluding steroid dienone is 2. The summed E-state index contributed by atoms with van der Waals surface area (Å²) in [4.78, 5) is 0. The molecule has 0 spiro atoms. The summed E-state index contributed by atoms with van der Waals surface area (Å²) < 4.78 is 0. The van der Waals surface area contributed by atoms with Crippen LogP contribution in [0.4, 0.5) is 0 Å². The maximum atomic E-state index is 6.37. The van der Waals surface area contributed by atoms with Crippen LogP contribution in [0.2, 0.25) is 0 Å². The second-order valence-corrected chi connectivity index (χ2v) is 6.80. The minimum absolute atomic E-state index is 0.0860. The molecule has 0 aliphatic carbocycles. The number of hydrogen-bond donors (Lipinski definition) is 2. The molecule has 0 saturated carbocycles. The predicted octanol–water partition coefficient (Wildman–Crippen LogP) is 4.52. The fourth-order valence-corrected chi connectivity index (χ4v) is 2.93. The summed E-state index contributed by atoms with van der Waals surface area (Å²) in [5.74, 6) is 0.592. The molecule has 1 rings (SSSR count). The smallest absolute Gasteiger partial charge is 0.0319 e. The van der Waals surface area contributed by atoms with Crippen LogP contribution in [0.5, 0.6) is 0 Å². The molecule has 0 aromatic heterocycles. The molecule has 1 aliphatic rings. The first-order valence-corrected chi connectivity index (χ1v) is 8.37. The van der Waals surface area contributed by atoms with Crippen LogP contribution in [-0.2, 0) is 0 Å². The van der Waals surface area contributed by atoms with Crippen molar-refractivity contribution in [2.45, 2.75) is 77.2 Å². The molecule has 1 aliphatic heterocycles. The van der Waals surface area contributed by atoms with Gasteiger partial charge in [-0.25, -0.2) is 0 Å². The minimum atomic E-state index is -0.0860. The van der Waals surface area contributed by atoms with Crippen molar-refractivity contribution in [1.82, 2.24) is 5.32 Å². The van der Waals surface area contributed by atoms with E-state index in [0.29, 0.717) is 5.92 Å². The maximum Gasteiger partial charge on any atom is 0.0319 e. The molecule has 0 radical (unpaired) electrons. The van der Waals surface area contributed by atoms with Crippen LogP contribution in [0.3, 0.4) is 0 Å². The van der Waals surface area contributed by atoms with Crippen molar-refractivity contribution in [3.8, 4) is 0 Å². The van der Waals surface area contributed by atoms with Gasteiger partial charge in [0, 0.05) is 12.1 Å². The number of nitrogens with two attached hydrogens (primary N) is 1. The van der Waals surface area contributed by atoms with Gasteiger partial charge in [-0.15, -0.1) is 6.58 Å². The Hall–Kier alpha value is -0.760. The van der Waals surface area contributed by atoms with E-state index in [2.05, 4.69) is 31.9 Å². The molecule has 0 amide bonds. The largest absolute Gasteiger partial charge is 0.389 e. The maximum absolute atomic E-state index is 6.37. The average Bonchev–Trinajstić information content (AvgIpc) is 2.40. The van der Waals surface area contributed by atoms with E-state index in [1.165, 1.54) is 50.5 Å². The van der Waals surface area contributed by atoms with Crippen molar-refractivity contribution in [2.75, 3.05) is 6.54 Å². The minimum Gasteiger partial charge on any atom is -0.389 e. The highest BCUT2D eigenvalue weighted by molar-refractivity contribution is 5.07. The van der Waals surface area contributed by atoms with Gasteiger partial charge in [0.2, 0.25) is 0 Å². The molecule has 2 nitrogen and oxygen atoms in total. The van der Waals surface area contributed by atoms with E-state index >= 15 is 0 Å². The Kier molecular flexibility index (Phi) is 7.98. The van der Waals surface area contributed by atoms with Gasteiger partial charge in [-0.3, -0.25) is 0 Å². The molecule has 0 saturated heterocycles. The molecule has 0 fully saturated rings. The Bertz CT molecular complexity index is 305. The average molecular weight is 278 g/mol. The monoisotopic (exact) mass is 278 g/mol. The summed E-state index contributed by atoms with van der Waals surface area (Å²) in [7, 11) is 0. The van der Waals surface area contributed by atoms with E-state index in [4.69, 9.17) is 5.73 Å². The van der Waals surface area contributed by atoms with Crippen molar-refractivity contribution in [3.05, 3.63) is 24.4 Å². The third-order valence-electron chi connectivity index (χ3n) is 4.41. The lowest BCUT2D eigenvalue weighted by molar-refractivity contribution is 0.398. The Balaban J connectivity index is 2.63. The van der Waals surface area contributed by atoms with E-state index in [1.807, 2.05) is 6.08 Å². The van der Waals surface area contributed by atoms with E-state index in [-0.39, 0.29) is 5.54 Å². The molecule has 0 bridgehead atoms. The zero-order valence-electron chi connectivity index (χ0n) is 13.6. The first kappa shape index (κ1) is 17.3. The normalized spacial score (nSPS) is 30.6. The molecule has 0 aromatic rings. The first-order valence-electron chi connectivity index (χ1n) is 8.37. The van der Waals surface area contributed by atoms with Crippen molar-refractivity contribution in [3.63, 3.8) is 0 Å². The van der Waals surface area contributed by atoms with Crippen LogP contribution in [0.15, 0.2) is 24.4 Å². The highest BCUT2D eigenvalue weighted by Crippen LogP contribution is 2.22. The molecule has 2 unspecified atom stereocenters. The van der Waals surface area contributed by atoms with Gasteiger partial charge in [0.25, 0.3) is 0 Å². The Labute approximate surface area is 125 Å². The van der Waals surface area contributed by atoms with Gasteiger partial charge < -0.3 is 11.1 Å². The molecule has 2 heteroatoms. The van der Waals surface area contributed by atoms with E-state index in [1.54, 1.807) is 0 Å². The van der Waals surface area contributed by atoms with Crippen molar-refractivity contribution < 1.29 is 0 Å². The fourth-order valence-electron chi connectivity index (χ4n) is 2.93. The number of rotatable bonds is 3. The molecule has 0 aromatic carbocycles. The van der Waals surface area contributed by atoms with Crippen LogP contribution in [-0.4, -0.2) is 12.1 Å². The molecule has 1 heterocycles. The number of hydrogen-bond acceptors (Lipinski definition) is 2. The highest BCUT2D eigenvalue weighted by Gasteiger charge is 2.17. The Morgan fingerprint density at radius 2 is 1.95 bits per heavy atom. The Morgan fingerprint density at radius 3 is 2.65 bits per heavy atom. The molecular weight excluding hydrogens is 244 g/mol. The summed E-state index contributed by atoms with van der Waals surface area (Å²) in [6.07, 6.45) is 15.7. The highest BCUT2D eigenvalue weighted by atomic mass is 14.9. The van der Waals surface area contributed by atoms with Gasteiger partial charge in [-0.05, 0) is 44.7 Å². The van der Waals surface area contributed by atoms with Gasteiger partial charge in [0.05, 0.1) is 0 Å². The second-order valence-electron chi connectivity index (χ2n) is 6.80. The summed E-state index contributed by atoms with van der Waals surface area (Å²) in [5.41, 5.74) is 7.81. The van der Waals surface area contributed by atoms with Gasteiger partial charge in [-0.2, -0.15) is 0 Å². The van der Waals surface area contributed by atoms with Gasteiger partial charge >= 0.3 is 0 Å². The molecular formula is C18H34N2. The fraction of sp³-hybridized carbons (Fsp3) is 0.778. The lowest BCUT2D eigenvalue weighted by Crippen LogP contribution is -2.44. The molecule has 20 heavy (non-hydrogen) atoms. The van der Waals surface area contributed by atoms with Crippen LogP contribution >= 0.6 is 0 Å². The zero-order chi connectivity index (χ0) is 14.8. The van der Waals surface area contributed by atoms with E-state index in [0.717, 1.165) is 19.4 Å². The van der Waals surface area contributed by atoms with Crippen LogP contribution < -0.4 is 11.1 Å². The van der Waals surface area contributed by atoms with Gasteiger partial charge in [-0.1, -0.05) is 50.7 Å². The summed E-state index contributed by atoms with van der Waals surface area (Å²) in [6, 6.07) is 0. The van der Waals surface area contributed by atoms with Crippen LogP contribution in [0.1, 0.15) is 71.6 Å². The summed E-state index contributed by atoms with van der Waals surface area (Å²) in [6.45, 7) is 9.21. The lowest BCUT2D eigenvalue weighted by Gasteiger charge is -2.25. The lowest BCUT2D eigenvalue weighted by atomic mass is 9.93. The third-order valence-corrected chi connectivity index (χ3v) is 4.41. The first-order chi connectivity index (χ1) is 9.55. The zero-order valence-corrected chi connectivity index (χ0v) is 13.6. The second kappa shape index (κ2) is 9.23. The summed E-state index contributed by atoms with van der Waals surface area (Å²) >= 11 is 0. The topological polar surface area (TPSA) is 38.0 Å². The van der Waals surface area contributed by atoms with E-state index < -0.39 is 0 Å². The number of nitrogens with one attached hydrogen (secondary N) is 1. The Morgan fingerprint density at radius 1 is 1.30 bits per heavy atom. The van der Waals surface area contributed by atoms with Crippen molar-refractivity contribution in [2.24, 2.45) is 11.7 Å². The third kappa shape index (κ3) is 7.14. The van der Waals surface area contributed by atoms with Crippen molar-refractivity contribution in [1.29, 1.82) is 0 Å². The molecule has 3 N–H and O–H groups in total. The summed E-state index contributed by atoms with van der Waals surface area (Å²) in [5, 5.41) is 3.48. The van der Waals surface area contributed by atoms with Gasteiger partial charge in [0.1, 0.15) is 0 Å². The van der Waals surface area contributed by atoms with Crippen LogP contribution in [0.25, 0.3) is 0 Å². The standard InChI is InChI=1S/C18H34N2/c1-4-11-16(2)17-12-9-7-5-6-8-10-13-18(3,19)15-20-14-17/h4,14,16,20H,1,5-13,15,19H2,2-3H3/b17-14+. The SMILES string of the molecule is C=CCC(C)/C1=C/NCC(C)(N)CCCCCCCC1. The van der Waals surface area contributed by atoms with Gasteiger partial charge in [0.15, 0.2) is 0 Å². The predicted molar refractivity (Wildman–Crippen MR) is 89.6 cm³/mol. The van der Waals surface area contributed by atoms with E-state index in [9.17, 15) is 0 Å². The quantitative estimate of drug-likeness (QED) is 0.745. The van der Waals surface area contributed by atoms with Crippen LogP contribution in [0, 0.1) is 5.92 Å². The molecule has 2 atom stereocenters.